The van der Waals surface area contributed by atoms with Crippen LogP contribution in [0.2, 0.25) is 0 Å². The monoisotopic (exact) mass is 259 g/mol. The number of rotatable bonds is 6. The molecule has 0 atom stereocenters. The lowest BCUT2D eigenvalue weighted by atomic mass is 10.2. The number of unbranched alkanes of at least 4 members (excludes halogenated alkanes) is 1. The Bertz CT molecular complexity index is 265. The second-order valence-electron chi connectivity index (χ2n) is 3.16. The molecule has 1 aromatic rings. The van der Waals surface area contributed by atoms with Gasteiger partial charge in [-0.05, 0) is 25.5 Å². The van der Waals surface area contributed by atoms with E-state index in [0.717, 1.165) is 30.3 Å². The van der Waals surface area contributed by atoms with Crippen molar-refractivity contribution in [1.29, 1.82) is 0 Å². The number of hydrogen-bond donors (Lipinski definition) is 1. The molecular formula is C11H15BrFN. The molecule has 0 fully saturated rings. The third-order valence-corrected chi connectivity index (χ3v) is 2.57. The summed E-state index contributed by atoms with van der Waals surface area (Å²) in [6, 6.07) is 6.88. The molecule has 0 aromatic heterocycles. The van der Waals surface area contributed by atoms with Gasteiger partial charge in [-0.15, -0.1) is 0 Å². The number of alkyl halides is 1. The first-order chi connectivity index (χ1) is 6.84. The molecule has 1 rings (SSSR count). The van der Waals surface area contributed by atoms with E-state index in [0.29, 0.717) is 6.54 Å². The molecule has 0 aliphatic carbocycles. The van der Waals surface area contributed by atoms with Gasteiger partial charge in [0.1, 0.15) is 5.82 Å². The maximum absolute atomic E-state index is 13.1. The van der Waals surface area contributed by atoms with Crippen LogP contribution in [0.15, 0.2) is 24.3 Å². The molecule has 0 saturated carbocycles. The van der Waals surface area contributed by atoms with Crippen LogP contribution < -0.4 is 5.32 Å². The van der Waals surface area contributed by atoms with Crippen molar-refractivity contribution in [3.05, 3.63) is 35.6 Å². The van der Waals surface area contributed by atoms with E-state index in [1.807, 2.05) is 12.1 Å². The zero-order valence-corrected chi connectivity index (χ0v) is 9.69. The van der Waals surface area contributed by atoms with Crippen molar-refractivity contribution in [3.8, 4) is 0 Å². The van der Waals surface area contributed by atoms with E-state index in [1.165, 1.54) is 6.07 Å². The minimum Gasteiger partial charge on any atom is -0.313 e. The molecule has 0 aliphatic rings. The van der Waals surface area contributed by atoms with Gasteiger partial charge < -0.3 is 5.32 Å². The molecule has 0 saturated heterocycles. The van der Waals surface area contributed by atoms with Crippen LogP contribution in [-0.4, -0.2) is 11.9 Å². The first-order valence-electron chi connectivity index (χ1n) is 4.84. The van der Waals surface area contributed by atoms with Crippen LogP contribution in [0.25, 0.3) is 0 Å². The fraction of sp³-hybridized carbons (Fsp3) is 0.455. The number of benzene rings is 1. The quantitative estimate of drug-likeness (QED) is 0.612. The number of hydrogen-bond acceptors (Lipinski definition) is 1. The van der Waals surface area contributed by atoms with Crippen molar-refractivity contribution in [3.63, 3.8) is 0 Å². The summed E-state index contributed by atoms with van der Waals surface area (Å²) >= 11 is 3.37. The summed E-state index contributed by atoms with van der Waals surface area (Å²) in [5.74, 6) is -0.125. The Hall–Kier alpha value is -0.410. The molecule has 0 unspecified atom stereocenters. The molecule has 78 valence electrons. The van der Waals surface area contributed by atoms with E-state index in [2.05, 4.69) is 21.2 Å². The van der Waals surface area contributed by atoms with Crippen LogP contribution in [0.5, 0.6) is 0 Å². The van der Waals surface area contributed by atoms with Crippen molar-refractivity contribution in [2.75, 3.05) is 11.9 Å². The van der Waals surface area contributed by atoms with Crippen molar-refractivity contribution >= 4 is 15.9 Å². The van der Waals surface area contributed by atoms with Gasteiger partial charge in [0.15, 0.2) is 0 Å². The SMILES string of the molecule is Fc1ccccc1CNCCCCBr. The van der Waals surface area contributed by atoms with Gasteiger partial charge in [0.25, 0.3) is 0 Å². The minimum absolute atomic E-state index is 0.125. The fourth-order valence-corrected chi connectivity index (χ4v) is 1.61. The van der Waals surface area contributed by atoms with Gasteiger partial charge in [0, 0.05) is 17.4 Å². The first-order valence-corrected chi connectivity index (χ1v) is 5.97. The van der Waals surface area contributed by atoms with Crippen molar-refractivity contribution in [1.82, 2.24) is 5.32 Å². The summed E-state index contributed by atoms with van der Waals surface area (Å²) in [6.45, 7) is 1.56. The van der Waals surface area contributed by atoms with Crippen molar-refractivity contribution < 1.29 is 4.39 Å². The largest absolute Gasteiger partial charge is 0.313 e. The lowest BCUT2D eigenvalue weighted by Gasteiger charge is -2.04. The van der Waals surface area contributed by atoms with E-state index in [4.69, 9.17) is 0 Å². The smallest absolute Gasteiger partial charge is 0.127 e. The summed E-state index contributed by atoms with van der Waals surface area (Å²) in [6.07, 6.45) is 2.28. The molecule has 0 amide bonds. The molecule has 0 bridgehead atoms. The van der Waals surface area contributed by atoms with E-state index >= 15 is 0 Å². The van der Waals surface area contributed by atoms with Gasteiger partial charge in [0.2, 0.25) is 0 Å². The van der Waals surface area contributed by atoms with E-state index in [9.17, 15) is 4.39 Å². The van der Waals surface area contributed by atoms with E-state index in [-0.39, 0.29) is 5.82 Å². The summed E-state index contributed by atoms with van der Waals surface area (Å²) in [5.41, 5.74) is 0.742. The van der Waals surface area contributed by atoms with Gasteiger partial charge in [-0.1, -0.05) is 34.1 Å². The normalized spacial score (nSPS) is 10.4. The highest BCUT2D eigenvalue weighted by Crippen LogP contribution is 2.05. The Morgan fingerprint density at radius 3 is 2.71 bits per heavy atom. The minimum atomic E-state index is -0.125. The number of nitrogens with one attached hydrogen (secondary N) is 1. The molecule has 1 nitrogen and oxygen atoms in total. The standard InChI is InChI=1S/C11H15BrFN/c12-7-3-4-8-14-9-10-5-1-2-6-11(10)13/h1-2,5-6,14H,3-4,7-9H2. The van der Waals surface area contributed by atoms with Crippen molar-refractivity contribution in [2.24, 2.45) is 0 Å². The second-order valence-corrected chi connectivity index (χ2v) is 3.96. The molecule has 1 aromatic carbocycles. The van der Waals surface area contributed by atoms with Crippen LogP contribution in [0.4, 0.5) is 4.39 Å². The van der Waals surface area contributed by atoms with Crippen LogP contribution >= 0.6 is 15.9 Å². The summed E-state index contributed by atoms with van der Waals surface area (Å²) in [4.78, 5) is 0. The summed E-state index contributed by atoms with van der Waals surface area (Å²) in [5, 5.41) is 4.25. The Labute approximate surface area is 92.8 Å². The molecule has 1 N–H and O–H groups in total. The molecule has 0 spiro atoms. The maximum Gasteiger partial charge on any atom is 0.127 e. The van der Waals surface area contributed by atoms with Gasteiger partial charge in [0.05, 0.1) is 0 Å². The third kappa shape index (κ3) is 4.20. The van der Waals surface area contributed by atoms with Gasteiger partial charge >= 0.3 is 0 Å². The van der Waals surface area contributed by atoms with Gasteiger partial charge in [-0.25, -0.2) is 4.39 Å². The molecule has 0 radical (unpaired) electrons. The Morgan fingerprint density at radius 2 is 2.00 bits per heavy atom. The predicted molar refractivity (Wildman–Crippen MR) is 61.1 cm³/mol. The molecule has 3 heteroatoms. The average Bonchev–Trinajstić information content (AvgIpc) is 2.20. The average molecular weight is 260 g/mol. The highest BCUT2D eigenvalue weighted by Gasteiger charge is 1.98. The van der Waals surface area contributed by atoms with E-state index in [1.54, 1.807) is 6.07 Å². The second kappa shape index (κ2) is 6.96. The highest BCUT2D eigenvalue weighted by atomic mass is 79.9. The Kier molecular flexibility index (Phi) is 5.80. The topological polar surface area (TPSA) is 12.0 Å². The van der Waals surface area contributed by atoms with Crippen LogP contribution in [0, 0.1) is 5.82 Å². The number of halogens is 2. The first kappa shape index (κ1) is 11.7. The lowest BCUT2D eigenvalue weighted by Crippen LogP contribution is -2.15. The zero-order valence-electron chi connectivity index (χ0n) is 8.10. The molecule has 0 aliphatic heterocycles. The Balaban J connectivity index is 2.21. The third-order valence-electron chi connectivity index (χ3n) is 2.01. The molecule has 14 heavy (non-hydrogen) atoms. The van der Waals surface area contributed by atoms with Crippen LogP contribution in [0.3, 0.4) is 0 Å². The summed E-state index contributed by atoms with van der Waals surface area (Å²) in [7, 11) is 0. The van der Waals surface area contributed by atoms with Gasteiger partial charge in [-0.3, -0.25) is 0 Å². The highest BCUT2D eigenvalue weighted by molar-refractivity contribution is 9.09. The van der Waals surface area contributed by atoms with Crippen LogP contribution in [-0.2, 0) is 6.54 Å². The molecular weight excluding hydrogens is 245 g/mol. The van der Waals surface area contributed by atoms with Gasteiger partial charge in [-0.2, -0.15) is 0 Å². The van der Waals surface area contributed by atoms with Crippen LogP contribution in [0.1, 0.15) is 18.4 Å². The maximum atomic E-state index is 13.1. The van der Waals surface area contributed by atoms with E-state index < -0.39 is 0 Å². The predicted octanol–water partition coefficient (Wildman–Crippen LogP) is 3.09. The lowest BCUT2D eigenvalue weighted by molar-refractivity contribution is 0.581. The summed E-state index contributed by atoms with van der Waals surface area (Å²) < 4.78 is 13.1. The Morgan fingerprint density at radius 1 is 1.21 bits per heavy atom. The molecule has 0 heterocycles. The zero-order chi connectivity index (χ0) is 10.2. The van der Waals surface area contributed by atoms with Crippen molar-refractivity contribution in [2.45, 2.75) is 19.4 Å². The fourth-order valence-electron chi connectivity index (χ4n) is 1.21.